The largest absolute Gasteiger partial charge is 0.351 e. The summed E-state index contributed by atoms with van der Waals surface area (Å²) in [6.07, 6.45) is 18.7. The third-order valence-corrected chi connectivity index (χ3v) is 9.14. The quantitative estimate of drug-likeness (QED) is 0.113. The van der Waals surface area contributed by atoms with Crippen LogP contribution in [0.4, 0.5) is 0 Å². The summed E-state index contributed by atoms with van der Waals surface area (Å²) in [7, 11) is 4.39. The molecule has 6 rings (SSSR count). The fourth-order valence-corrected chi connectivity index (χ4v) is 6.74. The molecule has 0 aliphatic carbocycles. The van der Waals surface area contributed by atoms with Crippen molar-refractivity contribution in [3.8, 4) is 0 Å². The second-order valence-corrected chi connectivity index (χ2v) is 11.9. The van der Waals surface area contributed by atoms with Gasteiger partial charge in [0.2, 0.25) is 0 Å². The normalized spacial score (nSPS) is 12.2. The standard InChI is InChI=1S/C37H44N2/c1-4-5-6-7-8-9-10-11-12-13-14-15-31-24-30-23-28-17-19-32-33(35(28)26-37(30)39(31)3)18-16-27-22-29-20-21-38(2)36(29)25-34(27)32/h16-26H,4-15H2,1-3H3. The Labute approximate surface area is 233 Å². The van der Waals surface area contributed by atoms with Gasteiger partial charge in [-0.05, 0) is 81.6 Å². The van der Waals surface area contributed by atoms with Crippen LogP contribution in [0.1, 0.15) is 83.2 Å². The van der Waals surface area contributed by atoms with Crippen molar-refractivity contribution < 1.29 is 0 Å². The Balaban J connectivity index is 1.18. The van der Waals surface area contributed by atoms with Gasteiger partial charge in [-0.1, -0.05) is 95.4 Å². The molecule has 0 fully saturated rings. The van der Waals surface area contributed by atoms with E-state index in [-0.39, 0.29) is 0 Å². The van der Waals surface area contributed by atoms with Gasteiger partial charge in [-0.3, -0.25) is 0 Å². The van der Waals surface area contributed by atoms with E-state index in [9.17, 15) is 0 Å². The number of benzene rings is 4. The first-order chi connectivity index (χ1) is 19.1. The molecule has 0 unspecified atom stereocenters. The summed E-state index contributed by atoms with van der Waals surface area (Å²) in [6.45, 7) is 2.30. The van der Waals surface area contributed by atoms with Gasteiger partial charge in [-0.15, -0.1) is 0 Å². The number of rotatable bonds is 12. The molecule has 2 aromatic heterocycles. The van der Waals surface area contributed by atoms with Crippen LogP contribution in [0.2, 0.25) is 0 Å². The molecule has 0 spiro atoms. The lowest BCUT2D eigenvalue weighted by Gasteiger charge is -2.10. The number of unbranched alkanes of at least 4 members (excludes halogenated alkanes) is 10. The minimum absolute atomic E-state index is 1.18. The first-order valence-electron chi connectivity index (χ1n) is 15.5. The molecule has 0 aliphatic rings. The molecule has 4 aromatic carbocycles. The van der Waals surface area contributed by atoms with Crippen LogP contribution in [0, 0.1) is 0 Å². The van der Waals surface area contributed by atoms with Crippen LogP contribution in [0.25, 0.3) is 54.1 Å². The van der Waals surface area contributed by atoms with Gasteiger partial charge in [0, 0.05) is 47.8 Å². The highest BCUT2D eigenvalue weighted by Crippen LogP contribution is 2.36. The number of hydrogen-bond acceptors (Lipinski definition) is 0. The molecular formula is C37H44N2. The molecule has 0 radical (unpaired) electrons. The number of fused-ring (bicyclic) bond motifs is 7. The van der Waals surface area contributed by atoms with Crippen molar-refractivity contribution >= 4 is 54.1 Å². The molecule has 0 atom stereocenters. The Kier molecular flexibility index (Phi) is 7.64. The Hall–Kier alpha value is -3.26. The van der Waals surface area contributed by atoms with Crippen LogP contribution in [-0.4, -0.2) is 9.13 Å². The van der Waals surface area contributed by atoms with Crippen molar-refractivity contribution in [3.05, 3.63) is 72.6 Å². The first kappa shape index (κ1) is 26.0. The zero-order valence-corrected chi connectivity index (χ0v) is 24.2. The third kappa shape index (κ3) is 5.19. The van der Waals surface area contributed by atoms with E-state index >= 15 is 0 Å². The molecule has 6 aromatic rings. The maximum Gasteiger partial charge on any atom is 0.0486 e. The molecule has 2 heterocycles. The number of nitrogens with zero attached hydrogens (tertiary/aromatic N) is 2. The molecule has 0 bridgehead atoms. The summed E-state index contributed by atoms with van der Waals surface area (Å²) in [5.41, 5.74) is 4.11. The molecule has 0 saturated carbocycles. The topological polar surface area (TPSA) is 9.86 Å². The predicted octanol–water partition coefficient (Wildman–Crippen LogP) is 11.0. The fraction of sp³-hybridized carbons (Fsp3) is 0.405. The molecule has 202 valence electrons. The van der Waals surface area contributed by atoms with Crippen molar-refractivity contribution in [2.75, 3.05) is 0 Å². The summed E-state index contributed by atoms with van der Waals surface area (Å²) in [5, 5.41) is 10.7. The van der Waals surface area contributed by atoms with Crippen LogP contribution >= 0.6 is 0 Å². The van der Waals surface area contributed by atoms with Crippen LogP contribution in [0.15, 0.2) is 66.9 Å². The van der Waals surface area contributed by atoms with E-state index in [0.717, 1.165) is 0 Å². The zero-order chi connectivity index (χ0) is 26.8. The Morgan fingerprint density at radius 1 is 0.487 bits per heavy atom. The molecule has 0 N–H and O–H groups in total. The molecule has 2 heteroatoms. The van der Waals surface area contributed by atoms with E-state index in [2.05, 4.69) is 97.0 Å². The summed E-state index contributed by atoms with van der Waals surface area (Å²) in [6, 6.07) is 23.5. The van der Waals surface area contributed by atoms with Crippen molar-refractivity contribution in [3.63, 3.8) is 0 Å². The van der Waals surface area contributed by atoms with Gasteiger partial charge in [-0.25, -0.2) is 0 Å². The summed E-state index contributed by atoms with van der Waals surface area (Å²) >= 11 is 0. The second-order valence-electron chi connectivity index (χ2n) is 11.9. The Morgan fingerprint density at radius 3 is 1.69 bits per heavy atom. The summed E-state index contributed by atoms with van der Waals surface area (Å²) in [5.74, 6) is 0. The smallest absolute Gasteiger partial charge is 0.0486 e. The van der Waals surface area contributed by atoms with Crippen molar-refractivity contribution in [1.82, 2.24) is 9.13 Å². The monoisotopic (exact) mass is 516 g/mol. The lowest BCUT2D eigenvalue weighted by Crippen LogP contribution is -1.96. The van der Waals surface area contributed by atoms with Gasteiger partial charge < -0.3 is 9.13 Å². The van der Waals surface area contributed by atoms with E-state index < -0.39 is 0 Å². The average molecular weight is 517 g/mol. The van der Waals surface area contributed by atoms with Crippen LogP contribution < -0.4 is 0 Å². The molecule has 39 heavy (non-hydrogen) atoms. The molecule has 0 amide bonds. The highest BCUT2D eigenvalue weighted by molar-refractivity contribution is 6.20. The van der Waals surface area contributed by atoms with Crippen LogP contribution in [-0.2, 0) is 20.5 Å². The van der Waals surface area contributed by atoms with Gasteiger partial charge >= 0.3 is 0 Å². The zero-order valence-electron chi connectivity index (χ0n) is 24.2. The number of aryl methyl sites for hydroxylation is 3. The molecular weight excluding hydrogens is 472 g/mol. The lowest BCUT2D eigenvalue weighted by atomic mass is 9.95. The van der Waals surface area contributed by atoms with E-state index in [4.69, 9.17) is 0 Å². The predicted molar refractivity (Wildman–Crippen MR) is 172 cm³/mol. The van der Waals surface area contributed by atoms with E-state index in [1.165, 1.54) is 137 Å². The highest BCUT2D eigenvalue weighted by atomic mass is 14.9. The summed E-state index contributed by atoms with van der Waals surface area (Å²) in [4.78, 5) is 0. The minimum Gasteiger partial charge on any atom is -0.351 e. The van der Waals surface area contributed by atoms with Crippen molar-refractivity contribution in [1.29, 1.82) is 0 Å². The maximum atomic E-state index is 2.44. The Bertz CT molecular complexity index is 1750. The van der Waals surface area contributed by atoms with Crippen LogP contribution in [0.5, 0.6) is 0 Å². The van der Waals surface area contributed by atoms with Gasteiger partial charge in [0.25, 0.3) is 0 Å². The highest BCUT2D eigenvalue weighted by Gasteiger charge is 2.11. The van der Waals surface area contributed by atoms with Crippen molar-refractivity contribution in [2.45, 2.75) is 84.0 Å². The maximum absolute atomic E-state index is 2.44. The minimum atomic E-state index is 1.18. The molecule has 0 aliphatic heterocycles. The molecule has 2 nitrogen and oxygen atoms in total. The van der Waals surface area contributed by atoms with Crippen molar-refractivity contribution in [2.24, 2.45) is 14.1 Å². The fourth-order valence-electron chi connectivity index (χ4n) is 6.74. The second kappa shape index (κ2) is 11.5. The van der Waals surface area contributed by atoms with Gasteiger partial charge in [0.05, 0.1) is 0 Å². The Morgan fingerprint density at radius 2 is 1.05 bits per heavy atom. The van der Waals surface area contributed by atoms with E-state index in [1.807, 2.05) is 0 Å². The summed E-state index contributed by atoms with van der Waals surface area (Å²) < 4.78 is 4.66. The third-order valence-electron chi connectivity index (χ3n) is 9.14. The number of hydrogen-bond donors (Lipinski definition) is 0. The van der Waals surface area contributed by atoms with Gasteiger partial charge in [0.15, 0.2) is 0 Å². The number of aromatic nitrogens is 2. The van der Waals surface area contributed by atoms with E-state index in [1.54, 1.807) is 0 Å². The molecule has 0 saturated heterocycles. The van der Waals surface area contributed by atoms with E-state index in [0.29, 0.717) is 0 Å². The average Bonchev–Trinajstić information content (AvgIpc) is 3.47. The lowest BCUT2D eigenvalue weighted by molar-refractivity contribution is 0.548. The first-order valence-corrected chi connectivity index (χ1v) is 15.5. The van der Waals surface area contributed by atoms with Gasteiger partial charge in [0.1, 0.15) is 0 Å². The SMILES string of the molecule is CCCCCCCCCCCCCc1cc2cc3ccc4c5cc6c(ccn6C)cc5ccc4c3cc2n1C. The van der Waals surface area contributed by atoms with Crippen LogP contribution in [0.3, 0.4) is 0 Å². The van der Waals surface area contributed by atoms with Gasteiger partial charge in [-0.2, -0.15) is 0 Å².